The van der Waals surface area contributed by atoms with E-state index in [2.05, 4.69) is 15.3 Å². The van der Waals surface area contributed by atoms with Crippen LogP contribution in [0.2, 0.25) is 5.02 Å². The fourth-order valence-corrected chi connectivity index (χ4v) is 4.25. The quantitative estimate of drug-likeness (QED) is 0.455. The summed E-state index contributed by atoms with van der Waals surface area (Å²) in [5, 5.41) is 6.08. The number of rotatable bonds is 2. The summed E-state index contributed by atoms with van der Waals surface area (Å²) in [7, 11) is 0. The summed E-state index contributed by atoms with van der Waals surface area (Å²) in [6.07, 6.45) is 4.77. The van der Waals surface area contributed by atoms with E-state index in [0.29, 0.717) is 5.56 Å². The van der Waals surface area contributed by atoms with E-state index in [1.165, 1.54) is 10.9 Å². The molecular weight excluding hydrogens is 346 g/mol. The van der Waals surface area contributed by atoms with E-state index in [1.54, 1.807) is 6.20 Å². The zero-order chi connectivity index (χ0) is 17.7. The van der Waals surface area contributed by atoms with Crippen molar-refractivity contribution in [3.63, 3.8) is 0 Å². The van der Waals surface area contributed by atoms with Crippen LogP contribution in [0.3, 0.4) is 0 Å². The molecule has 0 aliphatic heterocycles. The molecule has 4 nitrogen and oxygen atoms in total. The van der Waals surface area contributed by atoms with Crippen molar-refractivity contribution in [2.45, 2.75) is 25.3 Å². The van der Waals surface area contributed by atoms with Crippen molar-refractivity contribution in [1.29, 1.82) is 0 Å². The number of para-hydroxylation sites is 1. The maximum atomic E-state index is 12.9. The lowest BCUT2D eigenvalue weighted by atomic mass is 9.91. The normalized spacial score (nSPS) is 16.7. The Kier molecular flexibility index (Phi) is 3.54. The zero-order valence-electron chi connectivity index (χ0n) is 14.1. The first kappa shape index (κ1) is 15.5. The minimum atomic E-state index is -0.0445. The van der Waals surface area contributed by atoms with Gasteiger partial charge in [-0.3, -0.25) is 4.79 Å². The largest absolute Gasteiger partial charge is 0.360 e. The topological polar surface area (TPSA) is 60.7 Å². The Morgan fingerprint density at radius 3 is 2.92 bits per heavy atom. The van der Waals surface area contributed by atoms with Gasteiger partial charge in [0.15, 0.2) is 0 Å². The lowest BCUT2D eigenvalue weighted by Gasteiger charge is -2.23. The number of carbonyl (C=O) groups excluding carboxylic acids is 1. The number of aromatic amines is 2. The van der Waals surface area contributed by atoms with Gasteiger partial charge in [-0.15, -0.1) is 0 Å². The number of halogens is 1. The summed E-state index contributed by atoms with van der Waals surface area (Å²) in [6.45, 7) is 0. The smallest absolute Gasteiger partial charge is 0.253 e. The Hall–Kier alpha value is -2.72. The van der Waals surface area contributed by atoms with Gasteiger partial charge >= 0.3 is 0 Å². The van der Waals surface area contributed by atoms with E-state index in [0.717, 1.165) is 46.4 Å². The third-order valence-electron chi connectivity index (χ3n) is 5.31. The molecule has 0 radical (unpaired) electrons. The number of H-pyrrole nitrogens is 2. The number of aryl methyl sites for hydroxylation is 1. The van der Waals surface area contributed by atoms with Crippen molar-refractivity contribution >= 4 is 39.3 Å². The first-order valence-electron chi connectivity index (χ1n) is 8.87. The van der Waals surface area contributed by atoms with Crippen LogP contribution < -0.4 is 5.32 Å². The highest BCUT2D eigenvalue weighted by atomic mass is 35.5. The Morgan fingerprint density at radius 1 is 1.12 bits per heavy atom. The summed E-state index contributed by atoms with van der Waals surface area (Å²) in [6, 6.07) is 13.8. The summed E-state index contributed by atoms with van der Waals surface area (Å²) < 4.78 is 0. The summed E-state index contributed by atoms with van der Waals surface area (Å²) in [5.41, 5.74) is 5.13. The number of hydrogen-bond acceptors (Lipinski definition) is 1. The van der Waals surface area contributed by atoms with Gasteiger partial charge < -0.3 is 15.3 Å². The second-order valence-corrected chi connectivity index (χ2v) is 7.31. The number of carbonyl (C=O) groups is 1. The van der Waals surface area contributed by atoms with Crippen LogP contribution in [0, 0.1) is 0 Å². The predicted molar refractivity (Wildman–Crippen MR) is 105 cm³/mol. The van der Waals surface area contributed by atoms with Crippen molar-refractivity contribution in [2.24, 2.45) is 0 Å². The molecule has 0 saturated carbocycles. The van der Waals surface area contributed by atoms with Gasteiger partial charge in [0.05, 0.1) is 11.6 Å². The van der Waals surface area contributed by atoms with Gasteiger partial charge in [-0.05, 0) is 49.1 Å². The van der Waals surface area contributed by atoms with Gasteiger partial charge in [0.1, 0.15) is 0 Å². The Labute approximate surface area is 155 Å². The monoisotopic (exact) mass is 363 g/mol. The molecule has 1 amide bonds. The molecule has 0 spiro atoms. The number of aromatic nitrogens is 2. The molecule has 1 aliphatic carbocycles. The summed E-state index contributed by atoms with van der Waals surface area (Å²) >= 11 is 6.17. The first-order chi connectivity index (χ1) is 12.7. The van der Waals surface area contributed by atoms with Crippen LogP contribution >= 0.6 is 11.6 Å². The molecule has 5 heteroatoms. The second kappa shape index (κ2) is 5.92. The standard InChI is InChI=1S/C21H18ClN3O/c22-12-8-9-18-15(10-12)14-5-3-7-19(20(14)24-18)25-21(26)16-11-23-17-6-2-1-4-13(16)17/h1-2,4,6,8-11,19,23-24H,3,5,7H2,(H,25,26)/t19-/m0/s1. The van der Waals surface area contributed by atoms with Crippen molar-refractivity contribution in [2.75, 3.05) is 0 Å². The maximum Gasteiger partial charge on any atom is 0.253 e. The molecule has 0 bridgehead atoms. The predicted octanol–water partition coefficient (Wildman–Crippen LogP) is 5.11. The summed E-state index contributed by atoms with van der Waals surface area (Å²) in [4.78, 5) is 19.6. The second-order valence-electron chi connectivity index (χ2n) is 6.87. The molecule has 4 aromatic rings. The number of fused-ring (bicyclic) bond motifs is 4. The average molecular weight is 364 g/mol. The molecule has 3 N–H and O–H groups in total. The van der Waals surface area contributed by atoms with E-state index in [9.17, 15) is 4.79 Å². The third-order valence-corrected chi connectivity index (χ3v) is 5.54. The van der Waals surface area contributed by atoms with Crippen molar-refractivity contribution < 1.29 is 4.79 Å². The lowest BCUT2D eigenvalue weighted by molar-refractivity contribution is 0.0933. The van der Waals surface area contributed by atoms with E-state index in [-0.39, 0.29) is 11.9 Å². The van der Waals surface area contributed by atoms with Gasteiger partial charge in [0.2, 0.25) is 0 Å². The van der Waals surface area contributed by atoms with Crippen LogP contribution in [0.1, 0.15) is 40.5 Å². The van der Waals surface area contributed by atoms with E-state index < -0.39 is 0 Å². The summed E-state index contributed by atoms with van der Waals surface area (Å²) in [5.74, 6) is -0.0445. The molecule has 26 heavy (non-hydrogen) atoms. The maximum absolute atomic E-state index is 12.9. The van der Waals surface area contributed by atoms with Gasteiger partial charge in [-0.2, -0.15) is 0 Å². The molecule has 2 aromatic heterocycles. The molecule has 2 heterocycles. The van der Waals surface area contributed by atoms with Crippen LogP contribution in [-0.4, -0.2) is 15.9 Å². The molecule has 1 atom stereocenters. The minimum Gasteiger partial charge on any atom is -0.360 e. The first-order valence-corrected chi connectivity index (χ1v) is 9.25. The molecule has 130 valence electrons. The number of benzene rings is 2. The molecule has 0 unspecified atom stereocenters. The lowest BCUT2D eigenvalue weighted by Crippen LogP contribution is -2.30. The molecular formula is C21H18ClN3O. The van der Waals surface area contributed by atoms with Gasteiger partial charge in [-0.1, -0.05) is 29.8 Å². The number of hydrogen-bond donors (Lipinski definition) is 3. The van der Waals surface area contributed by atoms with Crippen molar-refractivity contribution in [1.82, 2.24) is 15.3 Å². The minimum absolute atomic E-state index is 0.00825. The van der Waals surface area contributed by atoms with Crippen LogP contribution in [0.15, 0.2) is 48.7 Å². The Balaban J connectivity index is 1.50. The highest BCUT2D eigenvalue weighted by Crippen LogP contribution is 2.36. The van der Waals surface area contributed by atoms with Crippen LogP contribution in [0.4, 0.5) is 0 Å². The van der Waals surface area contributed by atoms with Crippen LogP contribution in [-0.2, 0) is 6.42 Å². The van der Waals surface area contributed by atoms with Gasteiger partial charge in [0.25, 0.3) is 5.91 Å². The Morgan fingerprint density at radius 2 is 2.00 bits per heavy atom. The van der Waals surface area contributed by atoms with Crippen molar-refractivity contribution in [3.05, 3.63) is 70.5 Å². The molecule has 5 rings (SSSR count). The van der Waals surface area contributed by atoms with E-state index in [1.807, 2.05) is 42.5 Å². The highest BCUT2D eigenvalue weighted by molar-refractivity contribution is 6.31. The average Bonchev–Trinajstić information content (AvgIpc) is 3.24. The Bertz CT molecular complexity index is 1140. The number of amides is 1. The van der Waals surface area contributed by atoms with Crippen molar-refractivity contribution in [3.8, 4) is 0 Å². The van der Waals surface area contributed by atoms with Gasteiger partial charge in [-0.25, -0.2) is 0 Å². The van der Waals surface area contributed by atoms with Crippen LogP contribution in [0.5, 0.6) is 0 Å². The third kappa shape index (κ3) is 2.41. The zero-order valence-corrected chi connectivity index (χ0v) is 14.9. The molecule has 0 saturated heterocycles. The fourth-order valence-electron chi connectivity index (χ4n) is 4.07. The van der Waals surface area contributed by atoms with E-state index in [4.69, 9.17) is 11.6 Å². The highest BCUT2D eigenvalue weighted by Gasteiger charge is 2.26. The molecule has 1 aliphatic rings. The molecule has 2 aromatic carbocycles. The van der Waals surface area contributed by atoms with E-state index >= 15 is 0 Å². The number of nitrogens with one attached hydrogen (secondary N) is 3. The molecule has 0 fully saturated rings. The SMILES string of the molecule is O=C(N[C@H]1CCCc2c1[nH]c1ccc(Cl)cc21)c1c[nH]c2ccccc12. The fraction of sp³-hybridized carbons (Fsp3) is 0.190. The van der Waals surface area contributed by atoms with Gasteiger partial charge in [0, 0.05) is 38.7 Å². The van der Waals surface area contributed by atoms with Crippen LogP contribution in [0.25, 0.3) is 21.8 Å².